The topological polar surface area (TPSA) is 111 Å². The van der Waals surface area contributed by atoms with E-state index in [1.165, 1.54) is 19.1 Å². The molecule has 0 radical (unpaired) electrons. The summed E-state index contributed by atoms with van der Waals surface area (Å²) in [4.78, 5) is 37.0. The van der Waals surface area contributed by atoms with Crippen LogP contribution >= 0.6 is 0 Å². The van der Waals surface area contributed by atoms with Crippen molar-refractivity contribution >= 4 is 17.6 Å². The molecule has 1 unspecified atom stereocenters. The van der Waals surface area contributed by atoms with Gasteiger partial charge >= 0.3 is 6.03 Å². The van der Waals surface area contributed by atoms with Crippen molar-refractivity contribution in [2.75, 3.05) is 6.79 Å². The van der Waals surface area contributed by atoms with Crippen molar-refractivity contribution in [1.82, 2.24) is 10.2 Å². The quantitative estimate of drug-likeness (QED) is 0.463. The summed E-state index contributed by atoms with van der Waals surface area (Å²) in [6.45, 7) is 0.875. The fraction of sp³-hybridized carbons (Fsp3) is 0.263. The van der Waals surface area contributed by atoms with E-state index in [0.717, 1.165) is 23.1 Å². The number of hydrogen-bond donors (Lipinski definition) is 1. The van der Waals surface area contributed by atoms with E-state index < -0.39 is 34.0 Å². The number of halogens is 2. The number of amides is 3. The summed E-state index contributed by atoms with van der Waals surface area (Å²) in [7, 11) is 0. The Balaban J connectivity index is 1.72. The first-order chi connectivity index (χ1) is 14.2. The Labute approximate surface area is 168 Å². The van der Waals surface area contributed by atoms with Gasteiger partial charge in [0.05, 0.1) is 18.1 Å². The molecule has 9 nitrogen and oxygen atoms in total. The Morgan fingerprint density at radius 1 is 1.27 bits per heavy atom. The number of hydrogen-bond acceptors (Lipinski definition) is 6. The minimum absolute atomic E-state index is 0.0658. The van der Waals surface area contributed by atoms with Gasteiger partial charge in [-0.25, -0.2) is 13.6 Å². The van der Waals surface area contributed by atoms with E-state index in [4.69, 9.17) is 9.47 Å². The van der Waals surface area contributed by atoms with E-state index in [9.17, 15) is 28.5 Å². The molecule has 0 saturated carbocycles. The second-order valence-corrected chi connectivity index (χ2v) is 7.03. The van der Waals surface area contributed by atoms with Gasteiger partial charge in [-0.15, -0.1) is 0 Å². The predicted octanol–water partition coefficient (Wildman–Crippen LogP) is 2.71. The molecule has 1 atom stereocenters. The van der Waals surface area contributed by atoms with Gasteiger partial charge in [-0.2, -0.15) is 0 Å². The fourth-order valence-corrected chi connectivity index (χ4v) is 3.58. The highest BCUT2D eigenvalue weighted by Crippen LogP contribution is 2.36. The molecule has 30 heavy (non-hydrogen) atoms. The van der Waals surface area contributed by atoms with E-state index >= 15 is 0 Å². The summed E-state index contributed by atoms with van der Waals surface area (Å²) in [5.74, 6) is -2.18. The van der Waals surface area contributed by atoms with Crippen LogP contribution in [0.1, 0.15) is 23.6 Å². The number of fused-ring (bicyclic) bond motifs is 1. The molecular weight excluding hydrogens is 404 g/mol. The van der Waals surface area contributed by atoms with Crippen LogP contribution in [-0.4, -0.2) is 28.6 Å². The minimum Gasteiger partial charge on any atom is -0.467 e. The lowest BCUT2D eigenvalue weighted by Gasteiger charge is -2.24. The SMILES string of the molecule is CC1(c2cc(F)ccc2F)NC(=O)N(Cc2cc([N+](=O)[O-])cc3c2OCOC3)C1=O. The molecule has 0 aromatic heterocycles. The van der Waals surface area contributed by atoms with Crippen LogP contribution < -0.4 is 10.1 Å². The van der Waals surface area contributed by atoms with Gasteiger partial charge in [-0.3, -0.25) is 19.8 Å². The molecule has 2 heterocycles. The third kappa shape index (κ3) is 3.12. The van der Waals surface area contributed by atoms with Gasteiger partial charge in [0, 0.05) is 28.8 Å². The van der Waals surface area contributed by atoms with Crippen molar-refractivity contribution in [3.05, 3.63) is 68.8 Å². The minimum atomic E-state index is -1.84. The van der Waals surface area contributed by atoms with E-state index in [2.05, 4.69) is 5.32 Å². The van der Waals surface area contributed by atoms with Gasteiger partial charge < -0.3 is 14.8 Å². The third-order valence-corrected chi connectivity index (χ3v) is 5.05. The van der Waals surface area contributed by atoms with Crippen LogP contribution in [-0.2, 0) is 28.2 Å². The molecule has 1 fully saturated rings. The van der Waals surface area contributed by atoms with Crippen LogP contribution in [0.3, 0.4) is 0 Å². The number of carbonyl (C=O) groups is 2. The molecular formula is C19H15F2N3O6. The monoisotopic (exact) mass is 419 g/mol. The highest BCUT2D eigenvalue weighted by Gasteiger charge is 2.50. The number of nitrogens with one attached hydrogen (secondary N) is 1. The lowest BCUT2D eigenvalue weighted by molar-refractivity contribution is -0.385. The number of nitro benzene ring substituents is 1. The highest BCUT2D eigenvalue weighted by atomic mass is 19.1. The third-order valence-electron chi connectivity index (χ3n) is 5.05. The average Bonchev–Trinajstić information content (AvgIpc) is 2.93. The number of ether oxygens (including phenoxy) is 2. The first kappa shape index (κ1) is 19.7. The number of rotatable bonds is 4. The number of carbonyl (C=O) groups excluding carboxylic acids is 2. The molecule has 2 aliphatic heterocycles. The van der Waals surface area contributed by atoms with E-state index in [-0.39, 0.29) is 42.5 Å². The predicted molar refractivity (Wildman–Crippen MR) is 96.2 cm³/mol. The highest BCUT2D eigenvalue weighted by molar-refractivity contribution is 6.07. The average molecular weight is 419 g/mol. The Morgan fingerprint density at radius 3 is 2.77 bits per heavy atom. The fourth-order valence-electron chi connectivity index (χ4n) is 3.58. The van der Waals surface area contributed by atoms with Gasteiger partial charge in [0.2, 0.25) is 0 Å². The first-order valence-electron chi connectivity index (χ1n) is 8.81. The van der Waals surface area contributed by atoms with E-state index in [1.54, 1.807) is 0 Å². The van der Waals surface area contributed by atoms with Crippen LogP contribution in [0.2, 0.25) is 0 Å². The maximum absolute atomic E-state index is 14.3. The molecule has 4 rings (SSSR count). The standard InChI is InChI=1S/C19H15F2N3O6/c1-19(14-6-12(20)2-3-15(14)21)17(25)23(18(26)22-19)7-10-4-13(24(27)28)5-11-8-29-9-30-16(10)11/h2-6H,7-9H2,1H3,(H,22,26). The molecule has 1 N–H and O–H groups in total. The summed E-state index contributed by atoms with van der Waals surface area (Å²) in [5, 5.41) is 13.6. The van der Waals surface area contributed by atoms with E-state index in [1.807, 2.05) is 0 Å². The second-order valence-electron chi connectivity index (χ2n) is 7.03. The van der Waals surface area contributed by atoms with Gasteiger partial charge in [-0.05, 0) is 25.1 Å². The zero-order valence-electron chi connectivity index (χ0n) is 15.6. The van der Waals surface area contributed by atoms with Gasteiger partial charge in [0.25, 0.3) is 11.6 Å². The number of non-ortho nitro benzene ring substituents is 1. The smallest absolute Gasteiger partial charge is 0.325 e. The molecule has 0 spiro atoms. The number of urea groups is 1. The number of nitro groups is 1. The molecule has 2 aliphatic rings. The van der Waals surface area contributed by atoms with Crippen LogP contribution in [0.25, 0.3) is 0 Å². The molecule has 1 saturated heterocycles. The van der Waals surface area contributed by atoms with Crippen LogP contribution in [0.4, 0.5) is 19.3 Å². The van der Waals surface area contributed by atoms with Crippen molar-refractivity contribution in [2.24, 2.45) is 0 Å². The van der Waals surface area contributed by atoms with Crippen molar-refractivity contribution in [1.29, 1.82) is 0 Å². The normalized spacial score (nSPS) is 20.6. The lowest BCUT2D eigenvalue weighted by Crippen LogP contribution is -2.41. The molecule has 2 aromatic rings. The lowest BCUT2D eigenvalue weighted by atomic mass is 9.91. The van der Waals surface area contributed by atoms with Crippen molar-refractivity contribution in [3.63, 3.8) is 0 Å². The number of nitrogens with zero attached hydrogens (tertiary/aromatic N) is 2. The Kier molecular flexibility index (Phi) is 4.61. The summed E-state index contributed by atoms with van der Waals surface area (Å²) < 4.78 is 38.5. The molecule has 2 aromatic carbocycles. The van der Waals surface area contributed by atoms with Crippen molar-refractivity contribution < 1.29 is 32.8 Å². The summed E-state index contributed by atoms with van der Waals surface area (Å²) in [6, 6.07) is 4.24. The van der Waals surface area contributed by atoms with E-state index in [0.29, 0.717) is 5.56 Å². The van der Waals surface area contributed by atoms with Crippen molar-refractivity contribution in [2.45, 2.75) is 25.6 Å². The second kappa shape index (κ2) is 7.02. The maximum atomic E-state index is 14.3. The first-order valence-corrected chi connectivity index (χ1v) is 8.81. The Morgan fingerprint density at radius 2 is 2.03 bits per heavy atom. The van der Waals surface area contributed by atoms with Crippen LogP contribution in [0.15, 0.2) is 30.3 Å². The molecule has 156 valence electrons. The van der Waals surface area contributed by atoms with Gasteiger partial charge in [0.1, 0.15) is 22.9 Å². The van der Waals surface area contributed by atoms with Gasteiger partial charge in [-0.1, -0.05) is 0 Å². The zero-order valence-corrected chi connectivity index (χ0v) is 15.6. The molecule has 11 heteroatoms. The molecule has 3 amide bonds. The Hall–Kier alpha value is -3.60. The maximum Gasteiger partial charge on any atom is 0.325 e. The number of imide groups is 1. The molecule has 0 bridgehead atoms. The van der Waals surface area contributed by atoms with Crippen molar-refractivity contribution in [3.8, 4) is 5.75 Å². The van der Waals surface area contributed by atoms with Gasteiger partial charge in [0.15, 0.2) is 6.79 Å². The number of benzene rings is 2. The summed E-state index contributed by atoms with van der Waals surface area (Å²) in [6.07, 6.45) is 0. The molecule has 0 aliphatic carbocycles. The zero-order chi connectivity index (χ0) is 21.6. The van der Waals surface area contributed by atoms with Crippen LogP contribution in [0, 0.1) is 21.7 Å². The summed E-state index contributed by atoms with van der Waals surface area (Å²) in [5.41, 5.74) is -1.81. The van der Waals surface area contributed by atoms with Crippen LogP contribution in [0.5, 0.6) is 5.75 Å². The Bertz CT molecular complexity index is 1090. The summed E-state index contributed by atoms with van der Waals surface area (Å²) >= 11 is 0. The largest absolute Gasteiger partial charge is 0.467 e.